The summed E-state index contributed by atoms with van der Waals surface area (Å²) in [6.45, 7) is 2.69. The maximum absolute atomic E-state index is 11.2. The van der Waals surface area contributed by atoms with Gasteiger partial charge in [0.25, 0.3) is 5.52 Å². The lowest BCUT2D eigenvalue weighted by molar-refractivity contribution is -0.677. The van der Waals surface area contributed by atoms with Gasteiger partial charge >= 0.3 is 17.3 Å². The van der Waals surface area contributed by atoms with Crippen LogP contribution in [0.1, 0.15) is 32.1 Å². The average Bonchev–Trinajstić information content (AvgIpc) is 3.37. The van der Waals surface area contributed by atoms with Crippen LogP contribution in [0.3, 0.4) is 0 Å². The highest BCUT2D eigenvalue weighted by molar-refractivity contribution is 7.85. The van der Waals surface area contributed by atoms with Gasteiger partial charge in [0.2, 0.25) is 11.5 Å². The van der Waals surface area contributed by atoms with Crippen LogP contribution in [0.15, 0.2) is 58.3 Å². The lowest BCUT2D eigenvalue weighted by atomic mass is 10.1. The van der Waals surface area contributed by atoms with Crippen LogP contribution < -0.4 is 14.2 Å². The van der Waals surface area contributed by atoms with Gasteiger partial charge in [0.15, 0.2) is 12.3 Å². The molecule has 0 fully saturated rings. The van der Waals surface area contributed by atoms with Crippen LogP contribution in [0.4, 0.5) is 5.69 Å². The first-order chi connectivity index (χ1) is 18.5. The second kappa shape index (κ2) is 12.8. The first-order valence-electron chi connectivity index (χ1n) is 12.0. The zero-order chi connectivity index (χ0) is 28.2. The molecule has 0 bridgehead atoms. The fourth-order valence-electron chi connectivity index (χ4n) is 4.14. The highest BCUT2D eigenvalue weighted by Crippen LogP contribution is 2.41. The van der Waals surface area contributed by atoms with Crippen LogP contribution in [-0.2, 0) is 32.2 Å². The van der Waals surface area contributed by atoms with Crippen LogP contribution in [0.5, 0.6) is 5.75 Å². The first-order valence-corrected chi connectivity index (χ1v) is 15.4. The molecule has 1 aliphatic heterocycles. The molecule has 0 aliphatic carbocycles. The van der Waals surface area contributed by atoms with Gasteiger partial charge in [-0.3, -0.25) is 8.74 Å². The lowest BCUT2D eigenvalue weighted by Crippen LogP contribution is -2.36. The summed E-state index contributed by atoms with van der Waals surface area (Å²) < 4.78 is 71.9. The molecule has 4 rings (SSSR count). The molecule has 1 unspecified atom stereocenters. The van der Waals surface area contributed by atoms with Gasteiger partial charge in [0, 0.05) is 40.9 Å². The summed E-state index contributed by atoms with van der Waals surface area (Å²) in [5.74, 6) is 1.08. The molecule has 0 saturated heterocycles. The maximum atomic E-state index is 11.2. The van der Waals surface area contributed by atoms with E-state index in [9.17, 15) is 17.2 Å². The van der Waals surface area contributed by atoms with E-state index in [4.69, 9.17) is 41.1 Å². The van der Waals surface area contributed by atoms with Gasteiger partial charge in [-0.25, -0.2) is 8.42 Å². The van der Waals surface area contributed by atoms with Gasteiger partial charge in [-0.2, -0.15) is 8.78 Å². The van der Waals surface area contributed by atoms with E-state index in [1.807, 2.05) is 24.0 Å². The summed E-state index contributed by atoms with van der Waals surface area (Å²) in [5.41, 5.74) is 2.81. The summed E-state index contributed by atoms with van der Waals surface area (Å²) >= 11 is 10.1. The Hall–Kier alpha value is -2.45. The van der Waals surface area contributed by atoms with Crippen molar-refractivity contribution in [2.24, 2.45) is 0 Å². The highest BCUT2D eigenvalue weighted by atomic mass is 35.5. The number of oxazole rings is 1. The molecule has 39 heavy (non-hydrogen) atoms. The lowest BCUT2D eigenvalue weighted by Gasteiger charge is -2.18. The van der Waals surface area contributed by atoms with Crippen molar-refractivity contribution in [3.63, 3.8) is 0 Å². The predicted molar refractivity (Wildman–Crippen MR) is 148 cm³/mol. The molecule has 1 N–H and O–H groups in total. The van der Waals surface area contributed by atoms with Gasteiger partial charge in [-0.15, -0.1) is 0 Å². The van der Waals surface area contributed by atoms with Crippen molar-refractivity contribution in [2.45, 2.75) is 32.7 Å². The van der Waals surface area contributed by atoms with Crippen LogP contribution in [0, 0.1) is 0 Å². The Kier molecular flexibility index (Phi) is 9.70. The fraction of sp³-hybridized carbons (Fsp3) is 0.320. The molecule has 1 aliphatic rings. The number of aromatic nitrogens is 1. The minimum absolute atomic E-state index is 0.0693. The van der Waals surface area contributed by atoms with E-state index in [0.717, 1.165) is 11.3 Å². The minimum Gasteiger partial charge on any atom is -0.748 e. The highest BCUT2D eigenvalue weighted by Gasteiger charge is 2.27. The smallest absolute Gasteiger partial charge is 0.374 e. The van der Waals surface area contributed by atoms with Crippen LogP contribution in [0.25, 0.3) is 17.2 Å². The number of benzene rings is 2. The first kappa shape index (κ1) is 29.5. The number of fused-ring (bicyclic) bond motifs is 2. The predicted octanol–water partition coefficient (Wildman–Crippen LogP) is 5.04. The van der Waals surface area contributed by atoms with E-state index < -0.39 is 27.2 Å². The number of halogens is 2. The molecule has 0 radical (unpaired) electrons. The monoisotopic (exact) mass is 616 g/mol. The Bertz CT molecular complexity index is 1550. The van der Waals surface area contributed by atoms with Crippen LogP contribution >= 0.6 is 23.2 Å². The number of hydrogen-bond acceptors (Lipinski definition) is 8. The number of ether oxygens (including phenoxy) is 1. The number of rotatable bonds is 12. The Balaban J connectivity index is 1.68. The Morgan fingerprint density at radius 3 is 2.67 bits per heavy atom. The van der Waals surface area contributed by atoms with Crippen molar-refractivity contribution in [1.29, 1.82) is 0 Å². The van der Waals surface area contributed by atoms with Crippen molar-refractivity contribution in [3.05, 3.63) is 69.9 Å². The maximum Gasteiger partial charge on any atom is 0.374 e. The van der Waals surface area contributed by atoms with Crippen LogP contribution in [0.2, 0.25) is 10.0 Å². The van der Waals surface area contributed by atoms with Crippen molar-refractivity contribution in [2.75, 3.05) is 23.8 Å². The van der Waals surface area contributed by atoms with E-state index in [1.165, 1.54) is 0 Å². The molecule has 0 amide bonds. The summed E-state index contributed by atoms with van der Waals surface area (Å²) in [7, 11) is -4.36. The summed E-state index contributed by atoms with van der Waals surface area (Å²) in [6, 6.07) is 10.4. The molecule has 10 nitrogen and oxygen atoms in total. The molecule has 210 valence electrons. The summed E-state index contributed by atoms with van der Waals surface area (Å²) in [6.07, 6.45) is 4.82. The van der Waals surface area contributed by atoms with Gasteiger partial charge in [-0.05, 0) is 48.7 Å². The average molecular weight is 618 g/mol. The largest absolute Gasteiger partial charge is 0.748 e. The van der Waals surface area contributed by atoms with Gasteiger partial charge in [-0.1, -0.05) is 30.1 Å². The standard InChI is InChI=1S/C25H26Cl2N2O8S2/c1-2-17(13-24-28(9-3-11-35-38(30)31)20-15-18(26)5-7-22(20)36-24)14-25-29(10-4-12-39(32,33)34)21-16-19(27)6-8-23(21)37-25/h5-8,13-16H,2-4,9-12H2,1H3,(H-,30,31,32,33,34). The number of aryl methyl sites for hydroxylation is 1. The van der Waals surface area contributed by atoms with E-state index in [0.29, 0.717) is 58.1 Å². The second-order valence-electron chi connectivity index (χ2n) is 8.63. The molecular weight excluding hydrogens is 591 g/mol. The topological polar surface area (TPSA) is 133 Å². The number of nitrogens with zero attached hydrogens (tertiary/aromatic N) is 2. The molecule has 0 spiro atoms. The fourth-order valence-corrected chi connectivity index (χ4v) is 5.22. The minimum atomic E-state index is -4.36. The van der Waals surface area contributed by atoms with Crippen molar-refractivity contribution >= 4 is 67.5 Å². The summed E-state index contributed by atoms with van der Waals surface area (Å²) in [4.78, 5) is 1.90. The van der Waals surface area contributed by atoms with Crippen molar-refractivity contribution in [1.82, 2.24) is 0 Å². The molecule has 3 aromatic rings. The molecule has 2 heterocycles. The molecule has 0 saturated carbocycles. The third kappa shape index (κ3) is 7.82. The molecular formula is C25H26Cl2N2O8S2. The Morgan fingerprint density at radius 1 is 1.21 bits per heavy atom. The quantitative estimate of drug-likeness (QED) is 0.128. The third-order valence-corrected chi connectivity index (χ3v) is 7.52. The number of anilines is 1. The van der Waals surface area contributed by atoms with Gasteiger partial charge in [0.1, 0.15) is 0 Å². The normalized spacial score (nSPS) is 15.7. The van der Waals surface area contributed by atoms with E-state index >= 15 is 0 Å². The SMILES string of the molecule is CCC(=Cc1oc2ccc(Cl)cc2[n+]1CCCS(=O)(=O)[O-])C=C1Oc2ccc(Cl)cc2N1CCCOS(=O)O. The van der Waals surface area contributed by atoms with E-state index in [2.05, 4.69) is 0 Å². The second-order valence-corrected chi connectivity index (χ2v) is 11.7. The molecule has 1 atom stereocenters. The van der Waals surface area contributed by atoms with Gasteiger partial charge in [0.05, 0.1) is 28.5 Å². The van der Waals surface area contributed by atoms with E-state index in [-0.39, 0.29) is 19.6 Å². The molecule has 1 aromatic heterocycles. The molecule has 2 aromatic carbocycles. The number of hydrogen-bond donors (Lipinski definition) is 1. The van der Waals surface area contributed by atoms with Crippen molar-refractivity contribution in [3.8, 4) is 5.75 Å². The van der Waals surface area contributed by atoms with E-state index in [1.54, 1.807) is 41.0 Å². The summed E-state index contributed by atoms with van der Waals surface area (Å²) in [5, 5.41) is 1.02. The van der Waals surface area contributed by atoms with Gasteiger partial charge < -0.3 is 18.6 Å². The van der Waals surface area contributed by atoms with Crippen LogP contribution in [-0.4, -0.2) is 40.6 Å². The number of allylic oxidation sites excluding steroid dienone is 2. The zero-order valence-corrected chi connectivity index (χ0v) is 24.0. The third-order valence-electron chi connectivity index (χ3n) is 5.90. The zero-order valence-electron chi connectivity index (χ0n) is 20.8. The Labute approximate surface area is 238 Å². The molecule has 14 heteroatoms. The Morgan fingerprint density at radius 2 is 1.95 bits per heavy atom. The van der Waals surface area contributed by atoms with Crippen molar-refractivity contribution < 1.29 is 39.6 Å².